The Hall–Kier alpha value is -0.120. The number of rotatable bonds is 5. The Morgan fingerprint density at radius 1 is 1.20 bits per heavy atom. The van der Waals surface area contributed by atoms with Gasteiger partial charge in [-0.2, -0.15) is 0 Å². The van der Waals surface area contributed by atoms with Crippen molar-refractivity contribution in [1.29, 1.82) is 0 Å². The minimum absolute atomic E-state index is 0.382. The molecule has 0 spiro atoms. The zero-order valence-electron chi connectivity index (χ0n) is 13.5. The molecule has 5 atom stereocenters. The molecule has 0 radical (unpaired) electrons. The average molecular weight is 280 g/mol. The summed E-state index contributed by atoms with van der Waals surface area (Å²) < 4.78 is 5.93. The molecule has 3 aliphatic rings. The fraction of sp³-hybridized carbons (Fsp3) is 1.00. The average Bonchev–Trinajstić information content (AvgIpc) is 3.07. The Kier molecular flexibility index (Phi) is 4.68. The molecule has 0 aromatic carbocycles. The van der Waals surface area contributed by atoms with Gasteiger partial charge in [-0.15, -0.1) is 0 Å². The van der Waals surface area contributed by atoms with Crippen molar-refractivity contribution < 1.29 is 4.74 Å². The minimum Gasteiger partial charge on any atom is -0.374 e. The quantitative estimate of drug-likeness (QED) is 0.837. The standard InChI is InChI=1S/C17H32N2O/c1-12(2)19-6-7-20-16(11-19)10-18-13(3)17-9-14-4-5-15(17)8-14/h12-18H,4-11H2,1-3H3. The van der Waals surface area contributed by atoms with Crippen molar-refractivity contribution in [1.82, 2.24) is 10.2 Å². The number of fused-ring (bicyclic) bond motifs is 2. The van der Waals surface area contributed by atoms with E-state index in [-0.39, 0.29) is 0 Å². The molecule has 20 heavy (non-hydrogen) atoms. The molecule has 2 bridgehead atoms. The topological polar surface area (TPSA) is 24.5 Å². The van der Waals surface area contributed by atoms with Gasteiger partial charge in [0.25, 0.3) is 0 Å². The van der Waals surface area contributed by atoms with E-state index in [1.165, 1.54) is 25.7 Å². The van der Waals surface area contributed by atoms with Crippen LogP contribution in [0.2, 0.25) is 0 Å². The van der Waals surface area contributed by atoms with Gasteiger partial charge in [0.15, 0.2) is 0 Å². The van der Waals surface area contributed by atoms with E-state index in [0.717, 1.165) is 44.0 Å². The second kappa shape index (κ2) is 6.33. The van der Waals surface area contributed by atoms with Gasteiger partial charge in [-0.3, -0.25) is 4.90 Å². The van der Waals surface area contributed by atoms with Crippen LogP contribution in [0.5, 0.6) is 0 Å². The van der Waals surface area contributed by atoms with Gasteiger partial charge in [0, 0.05) is 31.7 Å². The highest BCUT2D eigenvalue weighted by Gasteiger charge is 2.41. The molecule has 1 aliphatic heterocycles. The molecule has 5 unspecified atom stereocenters. The van der Waals surface area contributed by atoms with Crippen molar-refractivity contribution in [2.45, 2.75) is 64.6 Å². The molecular weight excluding hydrogens is 248 g/mol. The first kappa shape index (κ1) is 14.8. The van der Waals surface area contributed by atoms with Gasteiger partial charge >= 0.3 is 0 Å². The predicted molar refractivity (Wildman–Crippen MR) is 82.9 cm³/mol. The van der Waals surface area contributed by atoms with Crippen molar-refractivity contribution >= 4 is 0 Å². The van der Waals surface area contributed by atoms with Gasteiger partial charge in [0.2, 0.25) is 0 Å². The van der Waals surface area contributed by atoms with Gasteiger partial charge in [-0.05, 0) is 57.8 Å². The Labute approximate surface area is 124 Å². The van der Waals surface area contributed by atoms with Crippen LogP contribution >= 0.6 is 0 Å². The van der Waals surface area contributed by atoms with Crippen molar-refractivity contribution in [2.24, 2.45) is 17.8 Å². The first-order chi connectivity index (χ1) is 9.63. The lowest BCUT2D eigenvalue weighted by Gasteiger charge is -2.37. The van der Waals surface area contributed by atoms with E-state index in [1.807, 2.05) is 0 Å². The summed E-state index contributed by atoms with van der Waals surface area (Å²) in [6.45, 7) is 11.1. The number of morpholine rings is 1. The summed E-state index contributed by atoms with van der Waals surface area (Å²) in [4.78, 5) is 2.54. The Bertz CT molecular complexity index is 320. The molecule has 116 valence electrons. The predicted octanol–water partition coefficient (Wildman–Crippen LogP) is 2.51. The maximum absolute atomic E-state index is 5.93. The van der Waals surface area contributed by atoms with Gasteiger partial charge < -0.3 is 10.1 Å². The second-order valence-electron chi connectivity index (χ2n) is 7.62. The van der Waals surface area contributed by atoms with Gasteiger partial charge in [0.1, 0.15) is 0 Å². The highest BCUT2D eigenvalue weighted by molar-refractivity contribution is 4.94. The Balaban J connectivity index is 1.42. The van der Waals surface area contributed by atoms with Crippen LogP contribution in [0.3, 0.4) is 0 Å². The molecule has 1 N–H and O–H groups in total. The maximum Gasteiger partial charge on any atom is 0.0826 e. The molecule has 3 heteroatoms. The van der Waals surface area contributed by atoms with Crippen LogP contribution in [0.4, 0.5) is 0 Å². The summed E-state index contributed by atoms with van der Waals surface area (Å²) in [5.74, 6) is 3.00. The summed E-state index contributed by atoms with van der Waals surface area (Å²) in [5, 5.41) is 3.79. The SMILES string of the molecule is CC(NCC1CN(C(C)C)CCO1)C1CC2CCC1C2. The van der Waals surface area contributed by atoms with Crippen molar-refractivity contribution in [2.75, 3.05) is 26.2 Å². The van der Waals surface area contributed by atoms with Crippen LogP contribution in [0, 0.1) is 17.8 Å². The molecule has 2 aliphatic carbocycles. The van der Waals surface area contributed by atoms with Crippen LogP contribution in [-0.2, 0) is 4.74 Å². The van der Waals surface area contributed by atoms with E-state index in [4.69, 9.17) is 4.74 Å². The molecule has 3 fully saturated rings. The number of ether oxygens (including phenoxy) is 1. The molecule has 0 amide bonds. The fourth-order valence-corrected chi connectivity index (χ4v) is 4.71. The summed E-state index contributed by atoms with van der Waals surface area (Å²) >= 11 is 0. The highest BCUT2D eigenvalue weighted by atomic mass is 16.5. The monoisotopic (exact) mass is 280 g/mol. The molecule has 2 saturated carbocycles. The lowest BCUT2D eigenvalue weighted by Crippen LogP contribution is -2.50. The van der Waals surface area contributed by atoms with Crippen LogP contribution in [-0.4, -0.2) is 49.3 Å². The van der Waals surface area contributed by atoms with Gasteiger partial charge in [0.05, 0.1) is 12.7 Å². The highest BCUT2D eigenvalue weighted by Crippen LogP contribution is 2.49. The zero-order valence-corrected chi connectivity index (χ0v) is 13.5. The number of nitrogens with zero attached hydrogens (tertiary/aromatic N) is 1. The van der Waals surface area contributed by atoms with Crippen molar-refractivity contribution in [3.8, 4) is 0 Å². The van der Waals surface area contributed by atoms with E-state index in [1.54, 1.807) is 0 Å². The first-order valence-electron chi connectivity index (χ1n) is 8.72. The molecule has 0 aromatic rings. The molecule has 0 aromatic heterocycles. The molecule has 1 saturated heterocycles. The van der Waals surface area contributed by atoms with Crippen LogP contribution < -0.4 is 5.32 Å². The first-order valence-corrected chi connectivity index (χ1v) is 8.72. The van der Waals surface area contributed by atoms with Crippen molar-refractivity contribution in [3.63, 3.8) is 0 Å². The summed E-state index contributed by atoms with van der Waals surface area (Å²) in [5.41, 5.74) is 0. The number of nitrogens with one attached hydrogen (secondary N) is 1. The molecule has 3 nitrogen and oxygen atoms in total. The van der Waals surface area contributed by atoms with Crippen LogP contribution in [0.15, 0.2) is 0 Å². The van der Waals surface area contributed by atoms with Gasteiger partial charge in [-0.1, -0.05) is 6.42 Å². The summed E-state index contributed by atoms with van der Waals surface area (Å²) in [6, 6.07) is 1.31. The van der Waals surface area contributed by atoms with E-state index >= 15 is 0 Å². The Morgan fingerprint density at radius 3 is 2.70 bits per heavy atom. The van der Waals surface area contributed by atoms with E-state index in [9.17, 15) is 0 Å². The smallest absolute Gasteiger partial charge is 0.0826 e. The maximum atomic E-state index is 5.93. The molecular formula is C17H32N2O. The third-order valence-corrected chi connectivity index (χ3v) is 6.00. The number of hydrogen-bond donors (Lipinski definition) is 1. The largest absolute Gasteiger partial charge is 0.374 e. The van der Waals surface area contributed by atoms with Gasteiger partial charge in [-0.25, -0.2) is 0 Å². The number of hydrogen-bond acceptors (Lipinski definition) is 3. The van der Waals surface area contributed by atoms with Crippen molar-refractivity contribution in [3.05, 3.63) is 0 Å². The molecule has 1 heterocycles. The van der Waals surface area contributed by atoms with E-state index in [2.05, 4.69) is 31.0 Å². The summed E-state index contributed by atoms with van der Waals surface area (Å²) in [6.07, 6.45) is 6.36. The Morgan fingerprint density at radius 2 is 2.05 bits per heavy atom. The second-order valence-corrected chi connectivity index (χ2v) is 7.62. The van der Waals surface area contributed by atoms with Crippen LogP contribution in [0.25, 0.3) is 0 Å². The van der Waals surface area contributed by atoms with E-state index < -0.39 is 0 Å². The minimum atomic E-state index is 0.382. The fourth-order valence-electron chi connectivity index (χ4n) is 4.71. The third kappa shape index (κ3) is 3.20. The molecule has 3 rings (SSSR count). The zero-order chi connectivity index (χ0) is 14.1. The lowest BCUT2D eigenvalue weighted by atomic mass is 9.84. The van der Waals surface area contributed by atoms with E-state index in [0.29, 0.717) is 18.2 Å². The third-order valence-electron chi connectivity index (χ3n) is 6.00. The normalized spacial score (nSPS) is 39.6. The summed E-state index contributed by atoms with van der Waals surface area (Å²) in [7, 11) is 0. The lowest BCUT2D eigenvalue weighted by molar-refractivity contribution is -0.0388. The van der Waals surface area contributed by atoms with Crippen LogP contribution in [0.1, 0.15) is 46.5 Å².